The van der Waals surface area contributed by atoms with Crippen molar-refractivity contribution in [1.29, 1.82) is 0 Å². The first-order valence-electron chi connectivity index (χ1n) is 9.19. The van der Waals surface area contributed by atoms with Gasteiger partial charge in [-0.3, -0.25) is 9.10 Å². The highest BCUT2D eigenvalue weighted by Gasteiger charge is 2.20. The number of fused-ring (bicyclic) bond motifs is 1. The molecule has 1 aromatic heterocycles. The number of amides is 1. The molecule has 29 heavy (non-hydrogen) atoms. The average molecular weight is 412 g/mol. The molecule has 7 heteroatoms. The zero-order valence-electron chi connectivity index (χ0n) is 17.0. The molecule has 0 aliphatic carbocycles. The maximum Gasteiger partial charge on any atom is 0.256 e. The molecule has 0 saturated carbocycles. The maximum absolute atomic E-state index is 12.3. The molecule has 2 aromatic carbocycles. The Morgan fingerprint density at radius 3 is 2.45 bits per heavy atom. The number of sulfonamides is 1. The minimum Gasteiger partial charge on any atom is -0.369 e. The molecule has 0 radical (unpaired) electrons. The number of primary amides is 1. The summed E-state index contributed by atoms with van der Waals surface area (Å²) in [5, 5.41) is 1.95. The predicted molar refractivity (Wildman–Crippen MR) is 118 cm³/mol. The molecule has 0 aliphatic heterocycles. The maximum atomic E-state index is 12.3. The third-order valence-corrected chi connectivity index (χ3v) is 6.81. The van der Waals surface area contributed by atoms with E-state index < -0.39 is 15.9 Å². The van der Waals surface area contributed by atoms with Gasteiger partial charge in [0.1, 0.15) is 0 Å². The molecule has 0 fully saturated rings. The third kappa shape index (κ3) is 3.53. The molecular formula is C22H25N3O3S. The molecule has 3 rings (SSSR count). The van der Waals surface area contributed by atoms with Crippen LogP contribution in [0.5, 0.6) is 0 Å². The summed E-state index contributed by atoms with van der Waals surface area (Å²) in [4.78, 5) is 14.9. The zero-order valence-corrected chi connectivity index (χ0v) is 17.9. The van der Waals surface area contributed by atoms with E-state index in [9.17, 15) is 13.2 Å². The number of nitrogens with two attached hydrogens (primary N) is 1. The lowest BCUT2D eigenvalue weighted by molar-refractivity contribution is -0.117. The molecule has 1 amide bonds. The first-order chi connectivity index (χ1) is 13.6. The Kier molecular flexibility index (Phi) is 5.28. The van der Waals surface area contributed by atoms with Crippen LogP contribution in [0.4, 0.5) is 5.69 Å². The fraction of sp³-hybridized carbons (Fsp3) is 0.227. The van der Waals surface area contributed by atoms with Gasteiger partial charge in [-0.05, 0) is 54.7 Å². The second-order valence-corrected chi connectivity index (χ2v) is 9.08. The van der Waals surface area contributed by atoms with Gasteiger partial charge < -0.3 is 10.7 Å². The zero-order chi connectivity index (χ0) is 21.5. The van der Waals surface area contributed by atoms with E-state index in [4.69, 9.17) is 5.73 Å². The normalized spacial score (nSPS) is 11.6. The van der Waals surface area contributed by atoms with Crippen LogP contribution in [0, 0.1) is 20.8 Å². The number of rotatable bonds is 6. The van der Waals surface area contributed by atoms with Crippen LogP contribution in [-0.2, 0) is 21.2 Å². The Labute approximate surface area is 171 Å². The summed E-state index contributed by atoms with van der Waals surface area (Å²) in [6.45, 7) is 9.32. The van der Waals surface area contributed by atoms with Gasteiger partial charge in [0.2, 0.25) is 5.91 Å². The summed E-state index contributed by atoms with van der Waals surface area (Å²) in [6, 6.07) is 9.44. The smallest absolute Gasteiger partial charge is 0.256 e. The third-order valence-electron chi connectivity index (χ3n) is 5.43. The van der Waals surface area contributed by atoms with Gasteiger partial charge in [0.25, 0.3) is 10.0 Å². The number of carbonyl (C=O) groups is 1. The number of aromatic nitrogens is 1. The Morgan fingerprint density at radius 1 is 1.14 bits per heavy atom. The van der Waals surface area contributed by atoms with Gasteiger partial charge in [-0.25, -0.2) is 8.42 Å². The number of hydrogen-bond donors (Lipinski definition) is 2. The number of H-pyrrole nitrogens is 1. The molecule has 0 bridgehead atoms. The molecular weight excluding hydrogens is 386 g/mol. The molecule has 0 atom stereocenters. The number of nitrogens with zero attached hydrogens (tertiary/aromatic N) is 1. The van der Waals surface area contributed by atoms with E-state index in [1.165, 1.54) is 11.4 Å². The van der Waals surface area contributed by atoms with Crippen molar-refractivity contribution in [1.82, 2.24) is 4.98 Å². The Hall–Kier alpha value is -3.06. The first kappa shape index (κ1) is 20.7. The molecule has 152 valence electrons. The van der Waals surface area contributed by atoms with Gasteiger partial charge >= 0.3 is 0 Å². The summed E-state index contributed by atoms with van der Waals surface area (Å²) in [5.74, 6) is -0.390. The van der Waals surface area contributed by atoms with Gasteiger partial charge in [0.15, 0.2) is 0 Å². The molecule has 1 heterocycles. The topological polar surface area (TPSA) is 96.3 Å². The SMILES string of the molecule is C=CS(=O)(=O)N(C)c1cccc(-c2ccc(CC(N)=O)c3[nH]c(C)c(C)c23)c1C. The van der Waals surface area contributed by atoms with Crippen molar-refractivity contribution in [2.75, 3.05) is 11.4 Å². The number of hydrogen-bond acceptors (Lipinski definition) is 3. The molecule has 3 aromatic rings. The standard InChI is InChI=1S/C22H25N3O3S/c1-6-29(27,28)25(5)19-9-7-8-17(14(19)3)18-11-10-16(12-20(23)26)22-21(18)13(2)15(4)24-22/h6-11,24H,1,12H2,2-5H3,(H2,23,26). The summed E-state index contributed by atoms with van der Waals surface area (Å²) in [6.07, 6.45) is 0.148. The van der Waals surface area contributed by atoms with Crippen LogP contribution in [0.3, 0.4) is 0 Å². The van der Waals surface area contributed by atoms with E-state index in [1.54, 1.807) is 6.07 Å². The quantitative estimate of drug-likeness (QED) is 0.647. The molecule has 0 spiro atoms. The van der Waals surface area contributed by atoms with E-state index in [-0.39, 0.29) is 6.42 Å². The first-order valence-corrected chi connectivity index (χ1v) is 10.7. The van der Waals surface area contributed by atoms with E-state index in [0.29, 0.717) is 5.69 Å². The molecule has 0 aliphatic rings. The molecule has 0 saturated heterocycles. The number of anilines is 1. The minimum absolute atomic E-state index is 0.148. The summed E-state index contributed by atoms with van der Waals surface area (Å²) >= 11 is 0. The largest absolute Gasteiger partial charge is 0.369 e. The summed E-state index contributed by atoms with van der Waals surface area (Å²) in [7, 11) is -2.09. The van der Waals surface area contributed by atoms with E-state index in [1.807, 2.05) is 45.0 Å². The minimum atomic E-state index is -3.60. The number of aromatic amines is 1. The Balaban J connectivity index is 2.29. The predicted octanol–water partition coefficient (Wildman–Crippen LogP) is 3.70. The lowest BCUT2D eigenvalue weighted by atomic mass is 9.92. The molecule has 0 unspecified atom stereocenters. The van der Waals surface area contributed by atoms with Crippen LogP contribution in [0.15, 0.2) is 42.3 Å². The number of benzene rings is 2. The summed E-state index contributed by atoms with van der Waals surface area (Å²) in [5.41, 5.74) is 12.5. The highest BCUT2D eigenvalue weighted by atomic mass is 32.2. The molecule has 3 N–H and O–H groups in total. The lowest BCUT2D eigenvalue weighted by Gasteiger charge is -2.21. The van der Waals surface area contributed by atoms with Gasteiger partial charge in [-0.15, -0.1) is 0 Å². The van der Waals surface area contributed by atoms with Crippen molar-refractivity contribution >= 4 is 32.5 Å². The Morgan fingerprint density at radius 2 is 1.83 bits per heavy atom. The van der Waals surface area contributed by atoms with Gasteiger partial charge in [0, 0.05) is 23.5 Å². The second-order valence-electron chi connectivity index (χ2n) is 7.17. The van der Waals surface area contributed by atoms with Crippen molar-refractivity contribution in [3.8, 4) is 11.1 Å². The van der Waals surface area contributed by atoms with Crippen LogP contribution >= 0.6 is 0 Å². The van der Waals surface area contributed by atoms with Crippen molar-refractivity contribution in [2.24, 2.45) is 5.73 Å². The second kappa shape index (κ2) is 7.40. The Bertz CT molecular complexity index is 1240. The van der Waals surface area contributed by atoms with Crippen LogP contribution in [0.1, 0.15) is 22.4 Å². The van der Waals surface area contributed by atoms with Crippen LogP contribution in [0.25, 0.3) is 22.0 Å². The van der Waals surface area contributed by atoms with Crippen molar-refractivity contribution in [3.05, 3.63) is 64.7 Å². The monoisotopic (exact) mass is 411 g/mol. The fourth-order valence-corrected chi connectivity index (χ4v) is 4.41. The van der Waals surface area contributed by atoms with Gasteiger partial charge in [-0.1, -0.05) is 30.8 Å². The number of carbonyl (C=O) groups excluding carboxylic acids is 1. The van der Waals surface area contributed by atoms with Crippen LogP contribution in [0.2, 0.25) is 0 Å². The van der Waals surface area contributed by atoms with Crippen molar-refractivity contribution in [2.45, 2.75) is 27.2 Å². The summed E-state index contributed by atoms with van der Waals surface area (Å²) < 4.78 is 25.8. The van der Waals surface area contributed by atoms with Gasteiger partial charge in [-0.2, -0.15) is 0 Å². The average Bonchev–Trinajstić information content (AvgIpc) is 2.97. The fourth-order valence-electron chi connectivity index (χ4n) is 3.71. The van der Waals surface area contributed by atoms with Crippen molar-refractivity contribution in [3.63, 3.8) is 0 Å². The molecule has 6 nitrogen and oxygen atoms in total. The number of nitrogens with one attached hydrogen (secondary N) is 1. The highest BCUT2D eigenvalue weighted by Crippen LogP contribution is 2.38. The number of aryl methyl sites for hydroxylation is 2. The van der Waals surface area contributed by atoms with Crippen molar-refractivity contribution < 1.29 is 13.2 Å². The van der Waals surface area contributed by atoms with E-state index in [0.717, 1.165) is 49.8 Å². The van der Waals surface area contributed by atoms with Gasteiger partial charge in [0.05, 0.1) is 17.6 Å². The highest BCUT2D eigenvalue weighted by molar-refractivity contribution is 7.95. The van der Waals surface area contributed by atoms with Crippen LogP contribution in [-0.4, -0.2) is 26.4 Å². The van der Waals surface area contributed by atoms with Crippen LogP contribution < -0.4 is 10.0 Å². The van der Waals surface area contributed by atoms with E-state index in [2.05, 4.69) is 11.6 Å². The lowest BCUT2D eigenvalue weighted by Crippen LogP contribution is -2.24. The van der Waals surface area contributed by atoms with E-state index >= 15 is 0 Å².